The molecule has 0 unspecified atom stereocenters. The largest absolute Gasteiger partial charge is 0.462 e. The minimum atomic E-state index is -0.376. The van der Waals surface area contributed by atoms with Crippen molar-refractivity contribution >= 4 is 23.8 Å². The standard InChI is InChI=1S/C28H24O4/c1-4-31-28(30)26-17-13-23(14-18-26)10-9-22-11-15-25(16-12-22)27(32-21(3)29)19-24-7-5-20(2)6-8-24/h5-8,11-19H,4H2,1-3H3/b27-19-. The fourth-order valence-electron chi connectivity index (χ4n) is 2.91. The average molecular weight is 424 g/mol. The van der Waals surface area contributed by atoms with Crippen molar-refractivity contribution < 1.29 is 19.1 Å². The third-order valence-corrected chi connectivity index (χ3v) is 4.55. The van der Waals surface area contributed by atoms with Crippen molar-refractivity contribution in [2.75, 3.05) is 6.61 Å². The van der Waals surface area contributed by atoms with Gasteiger partial charge in [-0.15, -0.1) is 0 Å². The maximum Gasteiger partial charge on any atom is 0.338 e. The Bertz CT molecular complexity index is 1170. The van der Waals surface area contributed by atoms with E-state index in [4.69, 9.17) is 9.47 Å². The second-order valence-electron chi connectivity index (χ2n) is 7.14. The van der Waals surface area contributed by atoms with Gasteiger partial charge in [-0.3, -0.25) is 4.79 Å². The molecule has 3 rings (SSSR count). The third kappa shape index (κ3) is 6.45. The van der Waals surface area contributed by atoms with Crippen LogP contribution in [0, 0.1) is 18.8 Å². The van der Waals surface area contributed by atoms with E-state index in [9.17, 15) is 9.59 Å². The van der Waals surface area contributed by atoms with Gasteiger partial charge in [0.05, 0.1) is 12.2 Å². The lowest BCUT2D eigenvalue weighted by atomic mass is 10.1. The van der Waals surface area contributed by atoms with Crippen molar-refractivity contribution in [1.29, 1.82) is 0 Å². The van der Waals surface area contributed by atoms with Gasteiger partial charge in [0.25, 0.3) is 0 Å². The van der Waals surface area contributed by atoms with E-state index in [0.29, 0.717) is 17.9 Å². The molecule has 4 heteroatoms. The molecule has 0 atom stereocenters. The number of ether oxygens (including phenoxy) is 2. The molecule has 0 aromatic heterocycles. The molecule has 0 fully saturated rings. The molecule has 160 valence electrons. The van der Waals surface area contributed by atoms with Crippen LogP contribution in [0.15, 0.2) is 72.8 Å². The fraction of sp³-hybridized carbons (Fsp3) is 0.143. The molecule has 0 saturated heterocycles. The summed E-state index contributed by atoms with van der Waals surface area (Å²) < 4.78 is 10.4. The van der Waals surface area contributed by atoms with Gasteiger partial charge in [0.1, 0.15) is 5.76 Å². The van der Waals surface area contributed by atoms with E-state index in [-0.39, 0.29) is 11.9 Å². The number of hydrogen-bond donors (Lipinski definition) is 0. The first-order chi connectivity index (χ1) is 15.4. The second-order valence-corrected chi connectivity index (χ2v) is 7.14. The van der Waals surface area contributed by atoms with Crippen molar-refractivity contribution in [3.8, 4) is 11.8 Å². The van der Waals surface area contributed by atoms with Crippen LogP contribution in [0.1, 0.15) is 52.0 Å². The Morgan fingerprint density at radius 3 is 1.84 bits per heavy atom. The number of aryl methyl sites for hydroxylation is 1. The highest BCUT2D eigenvalue weighted by Crippen LogP contribution is 2.21. The van der Waals surface area contributed by atoms with Gasteiger partial charge in [0.15, 0.2) is 0 Å². The normalized spacial score (nSPS) is 10.7. The first-order valence-corrected chi connectivity index (χ1v) is 10.3. The Balaban J connectivity index is 1.78. The molecule has 3 aromatic rings. The van der Waals surface area contributed by atoms with Crippen molar-refractivity contribution in [2.24, 2.45) is 0 Å². The van der Waals surface area contributed by atoms with E-state index >= 15 is 0 Å². The summed E-state index contributed by atoms with van der Waals surface area (Å²) in [7, 11) is 0. The molecule has 4 nitrogen and oxygen atoms in total. The Labute approximate surface area is 188 Å². The SMILES string of the molecule is CCOC(=O)c1ccc(C#Cc2ccc(/C(=C/c3ccc(C)cc3)OC(C)=O)cc2)cc1. The molecule has 0 aliphatic carbocycles. The molecule has 0 amide bonds. The summed E-state index contributed by atoms with van der Waals surface area (Å²) in [5, 5.41) is 0. The van der Waals surface area contributed by atoms with Crippen LogP contribution in [0.5, 0.6) is 0 Å². The van der Waals surface area contributed by atoms with Gasteiger partial charge >= 0.3 is 11.9 Å². The minimum absolute atomic E-state index is 0.343. The number of esters is 2. The van der Waals surface area contributed by atoms with E-state index in [0.717, 1.165) is 27.8 Å². The average Bonchev–Trinajstić information content (AvgIpc) is 2.79. The van der Waals surface area contributed by atoms with Gasteiger partial charge in [0.2, 0.25) is 0 Å². The van der Waals surface area contributed by atoms with Gasteiger partial charge < -0.3 is 9.47 Å². The summed E-state index contributed by atoms with van der Waals surface area (Å²) >= 11 is 0. The maximum atomic E-state index is 11.7. The number of carbonyl (C=O) groups excluding carboxylic acids is 2. The predicted octanol–water partition coefficient (Wildman–Crippen LogP) is 5.63. The maximum absolute atomic E-state index is 11.7. The molecular weight excluding hydrogens is 400 g/mol. The molecule has 0 heterocycles. The molecule has 0 aliphatic heterocycles. The van der Waals surface area contributed by atoms with Crippen LogP contribution in [0.2, 0.25) is 0 Å². The fourth-order valence-corrected chi connectivity index (χ4v) is 2.91. The summed E-state index contributed by atoms with van der Waals surface area (Å²) in [5.74, 6) is 5.95. The minimum Gasteiger partial charge on any atom is -0.462 e. The quantitative estimate of drug-likeness (QED) is 0.230. The topological polar surface area (TPSA) is 52.6 Å². The Morgan fingerprint density at radius 2 is 1.34 bits per heavy atom. The number of carbonyl (C=O) groups is 2. The Kier molecular flexibility index (Phi) is 7.61. The van der Waals surface area contributed by atoms with Crippen LogP contribution in [0.25, 0.3) is 11.8 Å². The Morgan fingerprint density at radius 1 is 0.812 bits per heavy atom. The molecule has 0 spiro atoms. The van der Waals surface area contributed by atoms with Crippen LogP contribution in [-0.2, 0) is 14.3 Å². The lowest BCUT2D eigenvalue weighted by molar-refractivity contribution is -0.134. The van der Waals surface area contributed by atoms with Crippen LogP contribution >= 0.6 is 0 Å². The van der Waals surface area contributed by atoms with Crippen LogP contribution in [0.3, 0.4) is 0 Å². The highest BCUT2D eigenvalue weighted by atomic mass is 16.5. The van der Waals surface area contributed by atoms with E-state index in [1.807, 2.05) is 61.5 Å². The first-order valence-electron chi connectivity index (χ1n) is 10.3. The molecule has 0 aliphatic rings. The lowest BCUT2D eigenvalue weighted by Crippen LogP contribution is -2.04. The summed E-state index contributed by atoms with van der Waals surface area (Å²) in [4.78, 5) is 23.3. The van der Waals surface area contributed by atoms with Gasteiger partial charge in [-0.25, -0.2) is 4.79 Å². The van der Waals surface area contributed by atoms with Gasteiger partial charge in [-0.1, -0.05) is 41.7 Å². The second kappa shape index (κ2) is 10.8. The van der Waals surface area contributed by atoms with Crippen LogP contribution in [0.4, 0.5) is 0 Å². The molecule has 0 bridgehead atoms. The highest BCUT2D eigenvalue weighted by Gasteiger charge is 2.07. The third-order valence-electron chi connectivity index (χ3n) is 4.55. The smallest absolute Gasteiger partial charge is 0.338 e. The molecule has 0 saturated carbocycles. The van der Waals surface area contributed by atoms with Gasteiger partial charge in [-0.05, 0) is 74.0 Å². The summed E-state index contributed by atoms with van der Waals surface area (Å²) in [6.45, 7) is 5.53. The van der Waals surface area contributed by atoms with Gasteiger partial charge in [-0.2, -0.15) is 0 Å². The van der Waals surface area contributed by atoms with Crippen molar-refractivity contribution in [1.82, 2.24) is 0 Å². The van der Waals surface area contributed by atoms with Crippen LogP contribution < -0.4 is 0 Å². The number of rotatable bonds is 5. The zero-order valence-corrected chi connectivity index (χ0v) is 18.3. The molecule has 0 radical (unpaired) electrons. The molecule has 32 heavy (non-hydrogen) atoms. The number of hydrogen-bond acceptors (Lipinski definition) is 4. The Hall–Kier alpha value is -4.10. The van der Waals surface area contributed by atoms with Gasteiger partial charge in [0, 0.05) is 23.6 Å². The highest BCUT2D eigenvalue weighted by molar-refractivity contribution is 5.89. The predicted molar refractivity (Wildman–Crippen MR) is 126 cm³/mol. The van der Waals surface area contributed by atoms with E-state index in [1.165, 1.54) is 6.92 Å². The first kappa shape index (κ1) is 22.6. The van der Waals surface area contributed by atoms with Crippen LogP contribution in [-0.4, -0.2) is 18.5 Å². The lowest BCUT2D eigenvalue weighted by Gasteiger charge is -2.08. The van der Waals surface area contributed by atoms with E-state index < -0.39 is 0 Å². The zero-order chi connectivity index (χ0) is 22.9. The van der Waals surface area contributed by atoms with E-state index in [1.54, 1.807) is 31.2 Å². The number of benzene rings is 3. The molecular formula is C28H24O4. The zero-order valence-electron chi connectivity index (χ0n) is 18.3. The van der Waals surface area contributed by atoms with E-state index in [2.05, 4.69) is 11.8 Å². The summed E-state index contributed by atoms with van der Waals surface area (Å²) in [5.41, 5.74) is 5.00. The van der Waals surface area contributed by atoms with Crippen molar-refractivity contribution in [2.45, 2.75) is 20.8 Å². The van der Waals surface area contributed by atoms with Crippen molar-refractivity contribution in [3.05, 3.63) is 106 Å². The molecule has 3 aromatic carbocycles. The molecule has 0 N–H and O–H groups in total. The summed E-state index contributed by atoms with van der Waals surface area (Å²) in [6, 6.07) is 22.4. The summed E-state index contributed by atoms with van der Waals surface area (Å²) in [6.07, 6.45) is 1.84. The monoisotopic (exact) mass is 424 g/mol. The van der Waals surface area contributed by atoms with Crippen molar-refractivity contribution in [3.63, 3.8) is 0 Å².